The van der Waals surface area contributed by atoms with Crippen molar-refractivity contribution in [3.8, 4) is 0 Å². The predicted octanol–water partition coefficient (Wildman–Crippen LogP) is 2.29. The van der Waals surface area contributed by atoms with Crippen LogP contribution in [-0.4, -0.2) is 22.3 Å². The Hall–Kier alpha value is -0.830. The highest BCUT2D eigenvalue weighted by Crippen LogP contribution is 2.25. The summed E-state index contributed by atoms with van der Waals surface area (Å²) in [4.78, 5) is 11.7. The zero-order valence-corrected chi connectivity index (χ0v) is 10.3. The topological polar surface area (TPSA) is 46.5 Å². The first-order valence-electron chi connectivity index (χ1n) is 5.25. The molecule has 15 heavy (non-hydrogen) atoms. The van der Waals surface area contributed by atoms with E-state index < -0.39 is 23.1 Å². The van der Waals surface area contributed by atoms with Crippen LogP contribution in [0.1, 0.15) is 41.0 Å². The average molecular weight is 214 g/mol. The first-order chi connectivity index (χ1) is 6.66. The molecule has 3 heteroatoms. The van der Waals surface area contributed by atoms with Crippen molar-refractivity contribution in [3.63, 3.8) is 0 Å². The third-order valence-electron chi connectivity index (χ3n) is 2.43. The molecule has 0 rings (SSSR count). The van der Waals surface area contributed by atoms with Gasteiger partial charge in [0.15, 0.2) is 0 Å². The summed E-state index contributed by atoms with van der Waals surface area (Å²) in [6, 6.07) is 0. The van der Waals surface area contributed by atoms with Crippen LogP contribution in [0.2, 0.25) is 0 Å². The second-order valence-electron chi connectivity index (χ2n) is 4.80. The second kappa shape index (κ2) is 4.79. The highest BCUT2D eigenvalue weighted by atomic mass is 16.6. The summed E-state index contributed by atoms with van der Waals surface area (Å²) in [6.45, 7) is 12.4. The first-order valence-corrected chi connectivity index (χ1v) is 5.25. The quantitative estimate of drug-likeness (QED) is 0.577. The molecule has 88 valence electrons. The molecule has 0 amide bonds. The van der Waals surface area contributed by atoms with Crippen molar-refractivity contribution in [1.29, 1.82) is 0 Å². The Bertz CT molecular complexity index is 240. The molecule has 2 unspecified atom stereocenters. The van der Waals surface area contributed by atoms with Crippen LogP contribution in [0.25, 0.3) is 0 Å². The average Bonchev–Trinajstić information content (AvgIpc) is 2.12. The number of ether oxygens (including phenoxy) is 1. The summed E-state index contributed by atoms with van der Waals surface area (Å²) in [7, 11) is 0. The Morgan fingerprint density at radius 1 is 1.53 bits per heavy atom. The van der Waals surface area contributed by atoms with E-state index in [1.54, 1.807) is 27.7 Å². The fourth-order valence-corrected chi connectivity index (χ4v) is 1.22. The van der Waals surface area contributed by atoms with Crippen LogP contribution < -0.4 is 0 Å². The zero-order chi connectivity index (χ0) is 12.3. The lowest BCUT2D eigenvalue weighted by atomic mass is 9.86. The van der Waals surface area contributed by atoms with Gasteiger partial charge < -0.3 is 9.84 Å². The molecule has 0 aromatic carbocycles. The number of aliphatic hydroxyl groups is 1. The predicted molar refractivity (Wildman–Crippen MR) is 60.4 cm³/mol. The number of hydrogen-bond acceptors (Lipinski definition) is 3. The van der Waals surface area contributed by atoms with Gasteiger partial charge in [-0.25, -0.2) is 0 Å². The number of rotatable bonds is 4. The largest absolute Gasteiger partial charge is 0.460 e. The molecular formula is C12H22O3. The van der Waals surface area contributed by atoms with Crippen molar-refractivity contribution >= 4 is 5.97 Å². The minimum absolute atomic E-state index is 0.397. The van der Waals surface area contributed by atoms with Gasteiger partial charge in [0.25, 0.3) is 0 Å². The number of carbonyl (C=O) groups is 1. The van der Waals surface area contributed by atoms with Crippen LogP contribution in [-0.2, 0) is 9.53 Å². The number of esters is 1. The van der Waals surface area contributed by atoms with E-state index in [1.807, 2.05) is 6.92 Å². The normalized spacial score (nSPS) is 17.7. The Labute approximate surface area is 92.1 Å². The van der Waals surface area contributed by atoms with Crippen LogP contribution in [0, 0.1) is 5.92 Å². The molecule has 0 aliphatic rings. The van der Waals surface area contributed by atoms with Gasteiger partial charge in [-0.1, -0.05) is 13.0 Å². The lowest BCUT2D eigenvalue weighted by Crippen LogP contribution is -2.41. The van der Waals surface area contributed by atoms with Gasteiger partial charge in [0.2, 0.25) is 0 Å². The van der Waals surface area contributed by atoms with Crippen molar-refractivity contribution in [2.75, 3.05) is 0 Å². The standard InChI is InChI=1S/C12H22O3/c1-7-12(14,8-2)9(3)10(13)15-11(4,5)6/h7,9,14H,1,8H2,2-6H3. The third kappa shape index (κ3) is 4.04. The molecule has 0 saturated carbocycles. The summed E-state index contributed by atoms with van der Waals surface area (Å²) in [5, 5.41) is 10.0. The Morgan fingerprint density at radius 3 is 2.27 bits per heavy atom. The summed E-state index contributed by atoms with van der Waals surface area (Å²) in [5.74, 6) is -0.994. The summed E-state index contributed by atoms with van der Waals surface area (Å²) < 4.78 is 5.20. The van der Waals surface area contributed by atoms with E-state index in [-0.39, 0.29) is 0 Å². The van der Waals surface area contributed by atoms with Gasteiger partial charge in [0.1, 0.15) is 5.60 Å². The molecule has 0 bridgehead atoms. The molecule has 0 aliphatic heterocycles. The zero-order valence-electron chi connectivity index (χ0n) is 10.3. The minimum atomic E-state index is -1.18. The number of hydrogen-bond donors (Lipinski definition) is 1. The van der Waals surface area contributed by atoms with E-state index in [9.17, 15) is 9.90 Å². The lowest BCUT2D eigenvalue weighted by molar-refractivity contribution is -0.166. The van der Waals surface area contributed by atoms with Crippen molar-refractivity contribution in [1.82, 2.24) is 0 Å². The van der Waals surface area contributed by atoms with Gasteiger partial charge in [0, 0.05) is 0 Å². The fraction of sp³-hybridized carbons (Fsp3) is 0.750. The first kappa shape index (κ1) is 14.2. The fourth-order valence-electron chi connectivity index (χ4n) is 1.22. The number of carbonyl (C=O) groups excluding carboxylic acids is 1. The highest BCUT2D eigenvalue weighted by Gasteiger charge is 2.36. The summed E-state index contributed by atoms with van der Waals surface area (Å²) in [6.07, 6.45) is 1.85. The molecule has 0 spiro atoms. The van der Waals surface area contributed by atoms with E-state index in [0.717, 1.165) is 0 Å². The van der Waals surface area contributed by atoms with Crippen LogP contribution in [0.15, 0.2) is 12.7 Å². The van der Waals surface area contributed by atoms with E-state index in [1.165, 1.54) is 6.08 Å². The molecule has 2 atom stereocenters. The smallest absolute Gasteiger partial charge is 0.312 e. The van der Waals surface area contributed by atoms with E-state index >= 15 is 0 Å². The maximum Gasteiger partial charge on any atom is 0.312 e. The third-order valence-corrected chi connectivity index (χ3v) is 2.43. The van der Waals surface area contributed by atoms with Crippen molar-refractivity contribution in [2.45, 2.75) is 52.2 Å². The molecule has 0 aromatic heterocycles. The van der Waals surface area contributed by atoms with Gasteiger partial charge in [0.05, 0.1) is 11.5 Å². The van der Waals surface area contributed by atoms with E-state index in [2.05, 4.69) is 6.58 Å². The molecule has 0 aliphatic carbocycles. The van der Waals surface area contributed by atoms with Gasteiger partial charge in [-0.3, -0.25) is 4.79 Å². The molecule has 1 N–H and O–H groups in total. The monoisotopic (exact) mass is 214 g/mol. The van der Waals surface area contributed by atoms with Gasteiger partial charge in [-0.05, 0) is 34.1 Å². The Kier molecular flexibility index (Phi) is 4.53. The van der Waals surface area contributed by atoms with Crippen LogP contribution in [0.3, 0.4) is 0 Å². The maximum atomic E-state index is 11.7. The van der Waals surface area contributed by atoms with Crippen LogP contribution in [0.5, 0.6) is 0 Å². The Morgan fingerprint density at radius 2 is 2.00 bits per heavy atom. The Balaban J connectivity index is 4.64. The lowest BCUT2D eigenvalue weighted by Gasteiger charge is -2.31. The van der Waals surface area contributed by atoms with Crippen molar-refractivity contribution in [3.05, 3.63) is 12.7 Å². The maximum absolute atomic E-state index is 11.7. The SMILES string of the molecule is C=CC(O)(CC)C(C)C(=O)OC(C)(C)C. The van der Waals surface area contributed by atoms with Crippen LogP contribution in [0.4, 0.5) is 0 Å². The summed E-state index contributed by atoms with van der Waals surface area (Å²) >= 11 is 0. The van der Waals surface area contributed by atoms with Crippen LogP contribution >= 0.6 is 0 Å². The van der Waals surface area contributed by atoms with E-state index in [0.29, 0.717) is 6.42 Å². The van der Waals surface area contributed by atoms with Gasteiger partial charge >= 0.3 is 5.97 Å². The molecule has 0 radical (unpaired) electrons. The molecule has 0 saturated heterocycles. The second-order valence-corrected chi connectivity index (χ2v) is 4.80. The van der Waals surface area contributed by atoms with Crippen molar-refractivity contribution in [2.24, 2.45) is 5.92 Å². The minimum Gasteiger partial charge on any atom is -0.460 e. The molecule has 3 nitrogen and oxygen atoms in total. The van der Waals surface area contributed by atoms with E-state index in [4.69, 9.17) is 4.74 Å². The van der Waals surface area contributed by atoms with Gasteiger partial charge in [-0.15, -0.1) is 6.58 Å². The van der Waals surface area contributed by atoms with Crippen molar-refractivity contribution < 1.29 is 14.6 Å². The molecular weight excluding hydrogens is 192 g/mol. The highest BCUT2D eigenvalue weighted by molar-refractivity contribution is 5.74. The molecule has 0 aromatic rings. The summed E-state index contributed by atoms with van der Waals surface area (Å²) in [5.41, 5.74) is -1.70. The molecule has 0 fully saturated rings. The van der Waals surface area contributed by atoms with Gasteiger partial charge in [-0.2, -0.15) is 0 Å². The molecule has 0 heterocycles.